The monoisotopic (exact) mass is 283 g/mol. The van der Waals surface area contributed by atoms with Crippen LogP contribution in [-0.2, 0) is 16.6 Å². The quantitative estimate of drug-likeness (QED) is 0.842. The lowest BCUT2D eigenvalue weighted by Crippen LogP contribution is -2.10. The van der Waals surface area contributed by atoms with Gasteiger partial charge in [0.2, 0.25) is 0 Å². The molecule has 0 saturated heterocycles. The standard InChI is InChI=1S/C17H17NOS/c1-14-7-5-6-10-16(14)12-20(19)13-17(11-18)15-8-3-2-4-9-15/h2-10,17H,12-13H2,1H3. The maximum atomic E-state index is 12.3. The van der Waals surface area contributed by atoms with Crippen LogP contribution in [-0.4, -0.2) is 9.96 Å². The first-order valence-corrected chi connectivity index (χ1v) is 8.03. The normalized spacial score (nSPS) is 13.4. The summed E-state index contributed by atoms with van der Waals surface area (Å²) in [5, 5.41) is 9.26. The van der Waals surface area contributed by atoms with E-state index in [1.165, 1.54) is 0 Å². The fourth-order valence-electron chi connectivity index (χ4n) is 2.08. The van der Waals surface area contributed by atoms with E-state index >= 15 is 0 Å². The van der Waals surface area contributed by atoms with Gasteiger partial charge in [-0.1, -0.05) is 54.6 Å². The van der Waals surface area contributed by atoms with Crippen molar-refractivity contribution >= 4 is 10.8 Å². The molecule has 2 nitrogen and oxygen atoms in total. The molecule has 0 aliphatic heterocycles. The Labute approximate surface area is 122 Å². The van der Waals surface area contributed by atoms with Gasteiger partial charge in [0.15, 0.2) is 0 Å². The van der Waals surface area contributed by atoms with E-state index in [2.05, 4.69) is 6.07 Å². The Balaban J connectivity index is 2.04. The van der Waals surface area contributed by atoms with Crippen LogP contribution in [0.3, 0.4) is 0 Å². The van der Waals surface area contributed by atoms with Crippen LogP contribution in [0.5, 0.6) is 0 Å². The Hall–Kier alpha value is -1.92. The van der Waals surface area contributed by atoms with Crippen molar-refractivity contribution in [3.63, 3.8) is 0 Å². The molecule has 0 aliphatic rings. The molecule has 2 atom stereocenters. The van der Waals surface area contributed by atoms with E-state index in [0.29, 0.717) is 11.5 Å². The SMILES string of the molecule is Cc1ccccc1CS(=O)CC(C#N)c1ccccc1. The van der Waals surface area contributed by atoms with Crippen LogP contribution in [0.2, 0.25) is 0 Å². The van der Waals surface area contributed by atoms with E-state index < -0.39 is 10.8 Å². The number of hydrogen-bond acceptors (Lipinski definition) is 2. The number of aryl methyl sites for hydroxylation is 1. The lowest BCUT2D eigenvalue weighted by molar-refractivity contribution is 0.680. The van der Waals surface area contributed by atoms with Crippen LogP contribution in [0.15, 0.2) is 54.6 Å². The minimum absolute atomic E-state index is 0.305. The van der Waals surface area contributed by atoms with Gasteiger partial charge in [0, 0.05) is 22.3 Å². The molecule has 0 amide bonds. The average Bonchev–Trinajstić information content (AvgIpc) is 2.48. The molecule has 0 fully saturated rings. The summed E-state index contributed by atoms with van der Waals surface area (Å²) in [4.78, 5) is 0. The number of hydrogen-bond donors (Lipinski definition) is 0. The summed E-state index contributed by atoms with van der Waals surface area (Å²) in [6, 6.07) is 19.8. The van der Waals surface area contributed by atoms with Gasteiger partial charge in [0.25, 0.3) is 0 Å². The Morgan fingerprint density at radius 1 is 1.10 bits per heavy atom. The van der Waals surface area contributed by atoms with Crippen LogP contribution in [0.1, 0.15) is 22.6 Å². The van der Waals surface area contributed by atoms with Crippen molar-refractivity contribution in [3.8, 4) is 6.07 Å². The lowest BCUT2D eigenvalue weighted by Gasteiger charge is -2.10. The fourth-order valence-corrected chi connectivity index (χ4v) is 3.51. The minimum atomic E-state index is -1.03. The van der Waals surface area contributed by atoms with Gasteiger partial charge < -0.3 is 0 Å². The van der Waals surface area contributed by atoms with E-state index in [0.717, 1.165) is 16.7 Å². The molecule has 20 heavy (non-hydrogen) atoms. The number of rotatable bonds is 5. The van der Waals surface area contributed by atoms with Gasteiger partial charge in [-0.3, -0.25) is 4.21 Å². The summed E-state index contributed by atoms with van der Waals surface area (Å²) in [7, 11) is -1.03. The third kappa shape index (κ3) is 3.79. The van der Waals surface area contributed by atoms with Crippen molar-refractivity contribution in [2.45, 2.75) is 18.6 Å². The zero-order chi connectivity index (χ0) is 14.4. The van der Waals surface area contributed by atoms with Crippen molar-refractivity contribution < 1.29 is 4.21 Å². The Morgan fingerprint density at radius 2 is 1.75 bits per heavy atom. The molecule has 3 heteroatoms. The molecule has 0 N–H and O–H groups in total. The van der Waals surface area contributed by atoms with Crippen molar-refractivity contribution in [2.24, 2.45) is 0 Å². The predicted octanol–water partition coefficient (Wildman–Crippen LogP) is 3.55. The average molecular weight is 283 g/mol. The largest absolute Gasteiger partial charge is 0.259 e. The summed E-state index contributed by atoms with van der Waals surface area (Å²) in [5.41, 5.74) is 3.18. The summed E-state index contributed by atoms with van der Waals surface area (Å²) in [6.07, 6.45) is 0. The summed E-state index contributed by atoms with van der Waals surface area (Å²) in [6.45, 7) is 2.02. The molecule has 0 aliphatic carbocycles. The van der Waals surface area contributed by atoms with E-state index in [9.17, 15) is 9.47 Å². The van der Waals surface area contributed by atoms with Crippen LogP contribution in [0.4, 0.5) is 0 Å². The van der Waals surface area contributed by atoms with E-state index in [4.69, 9.17) is 0 Å². The van der Waals surface area contributed by atoms with Gasteiger partial charge >= 0.3 is 0 Å². The van der Waals surface area contributed by atoms with Crippen LogP contribution >= 0.6 is 0 Å². The first kappa shape index (κ1) is 14.5. The Kier molecular flexibility index (Phi) is 5.09. The van der Waals surface area contributed by atoms with Gasteiger partial charge in [0.05, 0.1) is 12.0 Å². The molecule has 2 rings (SSSR count). The highest BCUT2D eigenvalue weighted by Gasteiger charge is 2.15. The van der Waals surface area contributed by atoms with E-state index in [-0.39, 0.29) is 5.92 Å². The molecule has 0 aromatic heterocycles. The minimum Gasteiger partial charge on any atom is -0.259 e. The molecular formula is C17H17NOS. The smallest absolute Gasteiger partial charge is 0.0827 e. The van der Waals surface area contributed by atoms with Crippen molar-refractivity contribution in [1.29, 1.82) is 5.26 Å². The highest BCUT2D eigenvalue weighted by Crippen LogP contribution is 2.18. The molecule has 0 heterocycles. The maximum absolute atomic E-state index is 12.3. The van der Waals surface area contributed by atoms with Crippen molar-refractivity contribution in [3.05, 3.63) is 71.3 Å². The summed E-state index contributed by atoms with van der Waals surface area (Å²) in [5.74, 6) is 0.591. The predicted molar refractivity (Wildman–Crippen MR) is 82.7 cm³/mol. The van der Waals surface area contributed by atoms with Gasteiger partial charge in [-0.15, -0.1) is 0 Å². The van der Waals surface area contributed by atoms with Crippen LogP contribution < -0.4 is 0 Å². The Bertz CT molecular complexity index is 631. The molecule has 2 unspecified atom stereocenters. The third-order valence-corrected chi connectivity index (χ3v) is 4.63. The first-order valence-electron chi connectivity index (χ1n) is 6.54. The highest BCUT2D eigenvalue weighted by atomic mass is 32.2. The van der Waals surface area contributed by atoms with Gasteiger partial charge in [-0.25, -0.2) is 0 Å². The van der Waals surface area contributed by atoms with Gasteiger partial charge in [-0.2, -0.15) is 5.26 Å². The fraction of sp³-hybridized carbons (Fsp3) is 0.235. The number of nitriles is 1. The maximum Gasteiger partial charge on any atom is 0.0827 e. The second-order valence-corrected chi connectivity index (χ2v) is 6.27. The molecule has 0 saturated carbocycles. The lowest BCUT2D eigenvalue weighted by atomic mass is 10.0. The first-order chi connectivity index (χ1) is 9.70. The molecule has 2 aromatic rings. The second-order valence-electron chi connectivity index (χ2n) is 4.77. The summed E-state index contributed by atoms with van der Waals surface area (Å²) >= 11 is 0. The molecule has 2 aromatic carbocycles. The molecule has 0 spiro atoms. The van der Waals surface area contributed by atoms with Crippen molar-refractivity contribution in [2.75, 3.05) is 5.75 Å². The topological polar surface area (TPSA) is 40.9 Å². The Morgan fingerprint density at radius 3 is 2.40 bits per heavy atom. The molecular weight excluding hydrogens is 266 g/mol. The molecule has 0 radical (unpaired) electrons. The van der Waals surface area contributed by atoms with E-state index in [1.54, 1.807) is 0 Å². The zero-order valence-electron chi connectivity index (χ0n) is 11.5. The second kappa shape index (κ2) is 7.02. The van der Waals surface area contributed by atoms with Gasteiger partial charge in [-0.05, 0) is 23.6 Å². The third-order valence-electron chi connectivity index (χ3n) is 3.29. The van der Waals surface area contributed by atoms with Crippen molar-refractivity contribution in [1.82, 2.24) is 0 Å². The van der Waals surface area contributed by atoms with Gasteiger partial charge in [0.1, 0.15) is 0 Å². The molecule has 0 bridgehead atoms. The van der Waals surface area contributed by atoms with E-state index in [1.807, 2.05) is 61.5 Å². The van der Waals surface area contributed by atoms with Crippen LogP contribution in [0.25, 0.3) is 0 Å². The van der Waals surface area contributed by atoms with Crippen LogP contribution in [0, 0.1) is 18.3 Å². The summed E-state index contributed by atoms with van der Waals surface area (Å²) < 4.78 is 12.3. The zero-order valence-corrected chi connectivity index (χ0v) is 12.3. The highest BCUT2D eigenvalue weighted by molar-refractivity contribution is 7.84. The molecule has 102 valence electrons. The number of nitrogens with zero attached hydrogens (tertiary/aromatic N) is 1. The number of benzene rings is 2.